The molecule has 0 spiro atoms. The first kappa shape index (κ1) is 17.9. The zero-order valence-corrected chi connectivity index (χ0v) is 13.9. The van der Waals surface area contributed by atoms with E-state index in [1.165, 1.54) is 11.4 Å². The van der Waals surface area contributed by atoms with Crippen molar-refractivity contribution in [3.05, 3.63) is 35.9 Å². The number of hydrogen-bond donors (Lipinski definition) is 1. The molecule has 1 saturated heterocycles. The maximum Gasteiger partial charge on any atom is 0.322 e. The molecule has 0 aliphatic carbocycles. The summed E-state index contributed by atoms with van der Waals surface area (Å²) >= 11 is 0. The lowest BCUT2D eigenvalue weighted by Crippen LogP contribution is -2.48. The molecular weight excluding hydrogens is 320 g/mol. The lowest BCUT2D eigenvalue weighted by atomic mass is 10.2. The molecule has 1 atom stereocenters. The Labute approximate surface area is 136 Å². The van der Waals surface area contributed by atoms with Crippen LogP contribution in [0.25, 0.3) is 0 Å². The van der Waals surface area contributed by atoms with Gasteiger partial charge < -0.3 is 9.84 Å². The van der Waals surface area contributed by atoms with Crippen molar-refractivity contribution >= 4 is 16.2 Å². The second-order valence-electron chi connectivity index (χ2n) is 5.43. The fourth-order valence-electron chi connectivity index (χ4n) is 2.67. The average Bonchev–Trinajstić information content (AvgIpc) is 3.03. The van der Waals surface area contributed by atoms with Crippen LogP contribution in [0.2, 0.25) is 0 Å². The number of rotatable bonds is 8. The number of carbonyl (C=O) groups is 1. The number of carboxylic acid groups (broad SMARTS) is 1. The van der Waals surface area contributed by atoms with E-state index < -0.39 is 22.2 Å². The van der Waals surface area contributed by atoms with E-state index in [0.717, 1.165) is 9.87 Å². The topological polar surface area (TPSA) is 87.2 Å². The highest BCUT2D eigenvalue weighted by atomic mass is 32.2. The third kappa shape index (κ3) is 4.29. The SMILES string of the molecule is COCCN(Cc1ccccc1)S(=O)(=O)N1CCCC1C(=O)O. The number of methoxy groups -OCH3 is 1. The summed E-state index contributed by atoms with van der Waals surface area (Å²) in [4.78, 5) is 11.3. The predicted molar refractivity (Wildman–Crippen MR) is 85.0 cm³/mol. The molecule has 0 bridgehead atoms. The Balaban J connectivity index is 2.24. The van der Waals surface area contributed by atoms with E-state index in [-0.39, 0.29) is 26.2 Å². The van der Waals surface area contributed by atoms with Gasteiger partial charge in [-0.15, -0.1) is 0 Å². The molecule has 0 aromatic heterocycles. The largest absolute Gasteiger partial charge is 0.480 e. The predicted octanol–water partition coefficient (Wildman–Crippen LogP) is 0.929. The molecule has 1 N–H and O–H groups in total. The Morgan fingerprint density at radius 1 is 1.39 bits per heavy atom. The molecule has 0 saturated carbocycles. The van der Waals surface area contributed by atoms with Crippen molar-refractivity contribution in [1.82, 2.24) is 8.61 Å². The molecule has 1 fully saturated rings. The third-order valence-corrected chi connectivity index (χ3v) is 5.85. The van der Waals surface area contributed by atoms with Crippen LogP contribution < -0.4 is 0 Å². The van der Waals surface area contributed by atoms with Crippen LogP contribution in [-0.2, 0) is 26.3 Å². The van der Waals surface area contributed by atoms with E-state index in [9.17, 15) is 18.3 Å². The Hall–Kier alpha value is -1.48. The first-order valence-corrected chi connectivity index (χ1v) is 8.89. The molecule has 1 aliphatic rings. The number of carboxylic acids is 1. The summed E-state index contributed by atoms with van der Waals surface area (Å²) in [6.07, 6.45) is 0.900. The van der Waals surface area contributed by atoms with E-state index in [1.54, 1.807) is 0 Å². The van der Waals surface area contributed by atoms with Crippen LogP contribution in [-0.4, -0.2) is 61.0 Å². The Kier molecular flexibility index (Phi) is 6.11. The van der Waals surface area contributed by atoms with Gasteiger partial charge in [0, 0.05) is 26.7 Å². The molecule has 1 unspecified atom stereocenters. The van der Waals surface area contributed by atoms with Crippen molar-refractivity contribution in [2.45, 2.75) is 25.4 Å². The smallest absolute Gasteiger partial charge is 0.322 e. The molecule has 8 heteroatoms. The number of benzene rings is 1. The number of aliphatic carboxylic acids is 1. The molecule has 1 aliphatic heterocycles. The fraction of sp³-hybridized carbons (Fsp3) is 0.533. The van der Waals surface area contributed by atoms with Crippen molar-refractivity contribution < 1.29 is 23.1 Å². The Morgan fingerprint density at radius 2 is 2.09 bits per heavy atom. The van der Waals surface area contributed by atoms with Gasteiger partial charge in [-0.25, -0.2) is 0 Å². The molecule has 7 nitrogen and oxygen atoms in total. The molecule has 1 aromatic carbocycles. The second-order valence-corrected chi connectivity index (χ2v) is 7.31. The summed E-state index contributed by atoms with van der Waals surface area (Å²) in [6, 6.07) is 8.24. The molecule has 1 aromatic rings. The first-order valence-electron chi connectivity index (χ1n) is 7.49. The molecule has 128 valence electrons. The number of nitrogens with zero attached hydrogens (tertiary/aromatic N) is 2. The summed E-state index contributed by atoms with van der Waals surface area (Å²) < 4.78 is 33.2. The van der Waals surface area contributed by atoms with Gasteiger partial charge in [0.05, 0.1) is 6.61 Å². The van der Waals surface area contributed by atoms with Crippen molar-refractivity contribution in [3.8, 4) is 0 Å². The van der Waals surface area contributed by atoms with Gasteiger partial charge in [0.15, 0.2) is 0 Å². The van der Waals surface area contributed by atoms with Gasteiger partial charge in [0.2, 0.25) is 0 Å². The van der Waals surface area contributed by atoms with Crippen LogP contribution in [0.5, 0.6) is 0 Å². The van der Waals surface area contributed by atoms with E-state index >= 15 is 0 Å². The fourth-order valence-corrected chi connectivity index (χ4v) is 4.46. The Bertz CT molecular complexity index is 620. The van der Waals surface area contributed by atoms with Gasteiger partial charge in [0.25, 0.3) is 10.2 Å². The maximum atomic E-state index is 12.9. The van der Waals surface area contributed by atoms with Crippen LogP contribution >= 0.6 is 0 Å². The lowest BCUT2D eigenvalue weighted by molar-refractivity contribution is -0.140. The van der Waals surface area contributed by atoms with E-state index in [4.69, 9.17) is 4.74 Å². The average molecular weight is 342 g/mol. The second kappa shape index (κ2) is 7.87. The lowest BCUT2D eigenvalue weighted by Gasteiger charge is -2.29. The van der Waals surface area contributed by atoms with Crippen molar-refractivity contribution in [3.63, 3.8) is 0 Å². The van der Waals surface area contributed by atoms with Crippen molar-refractivity contribution in [2.24, 2.45) is 0 Å². The molecule has 2 rings (SSSR count). The molecule has 0 radical (unpaired) electrons. The van der Waals surface area contributed by atoms with E-state index in [0.29, 0.717) is 12.8 Å². The van der Waals surface area contributed by atoms with Gasteiger partial charge >= 0.3 is 5.97 Å². The van der Waals surface area contributed by atoms with Gasteiger partial charge in [-0.05, 0) is 18.4 Å². The van der Waals surface area contributed by atoms with Crippen LogP contribution in [0, 0.1) is 0 Å². The zero-order valence-electron chi connectivity index (χ0n) is 13.1. The van der Waals surface area contributed by atoms with Crippen LogP contribution in [0.1, 0.15) is 18.4 Å². The van der Waals surface area contributed by atoms with Gasteiger partial charge in [0.1, 0.15) is 6.04 Å². The molecule has 23 heavy (non-hydrogen) atoms. The van der Waals surface area contributed by atoms with Crippen LogP contribution in [0.4, 0.5) is 0 Å². The quantitative estimate of drug-likeness (QED) is 0.759. The van der Waals surface area contributed by atoms with Crippen molar-refractivity contribution in [1.29, 1.82) is 0 Å². The summed E-state index contributed by atoms with van der Waals surface area (Å²) in [5, 5.41) is 9.25. The minimum atomic E-state index is -3.86. The normalized spacial score (nSPS) is 19.3. The standard InChI is InChI=1S/C15H22N2O5S/c1-22-11-10-16(12-13-6-3-2-4-7-13)23(20,21)17-9-5-8-14(17)15(18)19/h2-4,6-7,14H,5,8-12H2,1H3,(H,18,19). The minimum absolute atomic E-state index is 0.177. The monoisotopic (exact) mass is 342 g/mol. The molecule has 1 heterocycles. The highest BCUT2D eigenvalue weighted by Gasteiger charge is 2.41. The highest BCUT2D eigenvalue weighted by molar-refractivity contribution is 7.86. The van der Waals surface area contributed by atoms with Crippen LogP contribution in [0.15, 0.2) is 30.3 Å². The summed E-state index contributed by atoms with van der Waals surface area (Å²) in [5.41, 5.74) is 0.846. The molecule has 0 amide bonds. The van der Waals surface area contributed by atoms with Gasteiger partial charge in [-0.3, -0.25) is 4.79 Å². The summed E-state index contributed by atoms with van der Waals surface area (Å²) in [5.74, 6) is -1.10. The van der Waals surface area contributed by atoms with Crippen molar-refractivity contribution in [2.75, 3.05) is 26.8 Å². The van der Waals surface area contributed by atoms with Crippen LogP contribution in [0.3, 0.4) is 0 Å². The minimum Gasteiger partial charge on any atom is -0.480 e. The summed E-state index contributed by atoms with van der Waals surface area (Å²) in [7, 11) is -2.36. The number of ether oxygens (including phenoxy) is 1. The van der Waals surface area contributed by atoms with E-state index in [2.05, 4.69) is 0 Å². The summed E-state index contributed by atoms with van der Waals surface area (Å²) in [6.45, 7) is 0.848. The maximum absolute atomic E-state index is 12.9. The van der Waals surface area contributed by atoms with E-state index in [1.807, 2.05) is 30.3 Å². The highest BCUT2D eigenvalue weighted by Crippen LogP contribution is 2.24. The zero-order chi connectivity index (χ0) is 16.9. The molecular formula is C15H22N2O5S. The third-order valence-electron chi connectivity index (χ3n) is 3.86. The van der Waals surface area contributed by atoms with Gasteiger partial charge in [-0.1, -0.05) is 30.3 Å². The first-order chi connectivity index (χ1) is 11.0. The van der Waals surface area contributed by atoms with Gasteiger partial charge in [-0.2, -0.15) is 17.0 Å². The number of hydrogen-bond acceptors (Lipinski definition) is 4. The Morgan fingerprint density at radius 3 is 2.70 bits per heavy atom.